The van der Waals surface area contributed by atoms with Crippen molar-refractivity contribution in [2.24, 2.45) is 5.92 Å². The summed E-state index contributed by atoms with van der Waals surface area (Å²) in [5.41, 5.74) is 2.10. The lowest BCUT2D eigenvalue weighted by atomic mass is 9.93. The van der Waals surface area contributed by atoms with Crippen molar-refractivity contribution < 1.29 is 9.59 Å². The molecule has 22 heavy (non-hydrogen) atoms. The zero-order valence-corrected chi connectivity index (χ0v) is 12.7. The van der Waals surface area contributed by atoms with Crippen LogP contribution in [0.5, 0.6) is 0 Å². The third-order valence-electron chi connectivity index (χ3n) is 4.30. The van der Waals surface area contributed by atoms with E-state index in [4.69, 9.17) is 0 Å². The van der Waals surface area contributed by atoms with Gasteiger partial charge in [0, 0.05) is 38.7 Å². The van der Waals surface area contributed by atoms with Crippen LogP contribution in [-0.2, 0) is 9.59 Å². The molecule has 1 aromatic rings. The van der Waals surface area contributed by atoms with E-state index in [2.05, 4.69) is 10.6 Å². The second-order valence-electron chi connectivity index (χ2n) is 5.92. The predicted molar refractivity (Wildman–Crippen MR) is 84.7 cm³/mol. The molecule has 2 N–H and O–H groups in total. The maximum Gasteiger partial charge on any atom is 0.223 e. The van der Waals surface area contributed by atoms with Gasteiger partial charge >= 0.3 is 0 Å². The molecular weight excluding hydrogens is 278 g/mol. The molecule has 0 saturated carbocycles. The van der Waals surface area contributed by atoms with Crippen molar-refractivity contribution in [2.45, 2.75) is 19.4 Å². The Bertz CT molecular complexity index is 608. The van der Waals surface area contributed by atoms with E-state index in [0.29, 0.717) is 18.9 Å². The molecule has 2 heterocycles. The molecule has 116 valence electrons. The molecule has 1 fully saturated rings. The topological polar surface area (TPSA) is 61.4 Å². The highest BCUT2D eigenvalue weighted by molar-refractivity contribution is 5.81. The molecule has 1 saturated heterocycles. The van der Waals surface area contributed by atoms with E-state index in [1.165, 1.54) is 6.92 Å². The zero-order valence-electron chi connectivity index (χ0n) is 12.7. The molecule has 0 radical (unpaired) electrons. The van der Waals surface area contributed by atoms with Crippen molar-refractivity contribution in [3.8, 4) is 0 Å². The molecule has 5 nitrogen and oxygen atoms in total. The monoisotopic (exact) mass is 299 g/mol. The minimum Gasteiger partial charge on any atom is -0.356 e. The lowest BCUT2D eigenvalue weighted by molar-refractivity contribution is -0.130. The van der Waals surface area contributed by atoms with Crippen LogP contribution >= 0.6 is 0 Å². The number of nitrogens with zero attached hydrogens (tertiary/aromatic N) is 1. The van der Waals surface area contributed by atoms with Gasteiger partial charge in [-0.3, -0.25) is 9.59 Å². The molecule has 0 spiro atoms. The van der Waals surface area contributed by atoms with E-state index in [1.807, 2.05) is 30.3 Å². The van der Waals surface area contributed by atoms with Crippen molar-refractivity contribution in [1.29, 1.82) is 0 Å². The Morgan fingerprint density at radius 1 is 1.32 bits per heavy atom. The number of nitrogens with one attached hydrogen (secondary N) is 2. The summed E-state index contributed by atoms with van der Waals surface area (Å²) < 4.78 is 0. The lowest BCUT2D eigenvalue weighted by Crippen LogP contribution is -2.48. The maximum absolute atomic E-state index is 12.2. The van der Waals surface area contributed by atoms with Crippen LogP contribution in [0.4, 0.5) is 0 Å². The SMILES string of the molecule is CC(=O)N1C=Cc2ccccc2C1CC(=O)NCC1CNC1. The fourth-order valence-corrected chi connectivity index (χ4v) is 2.91. The Hall–Kier alpha value is -2.14. The third-order valence-corrected chi connectivity index (χ3v) is 4.30. The Labute approximate surface area is 130 Å². The van der Waals surface area contributed by atoms with Crippen LogP contribution in [0.2, 0.25) is 0 Å². The number of amides is 2. The van der Waals surface area contributed by atoms with Gasteiger partial charge in [0.1, 0.15) is 0 Å². The van der Waals surface area contributed by atoms with E-state index in [-0.39, 0.29) is 17.9 Å². The van der Waals surface area contributed by atoms with E-state index < -0.39 is 0 Å². The van der Waals surface area contributed by atoms with Gasteiger partial charge in [0.2, 0.25) is 11.8 Å². The average molecular weight is 299 g/mol. The smallest absolute Gasteiger partial charge is 0.223 e. The van der Waals surface area contributed by atoms with Crippen LogP contribution < -0.4 is 10.6 Å². The van der Waals surface area contributed by atoms with Gasteiger partial charge in [-0.1, -0.05) is 24.3 Å². The van der Waals surface area contributed by atoms with Gasteiger partial charge < -0.3 is 15.5 Å². The first-order chi connectivity index (χ1) is 10.6. The molecule has 5 heteroatoms. The van der Waals surface area contributed by atoms with Crippen LogP contribution in [-0.4, -0.2) is 36.3 Å². The lowest BCUT2D eigenvalue weighted by Gasteiger charge is -2.33. The summed E-state index contributed by atoms with van der Waals surface area (Å²) >= 11 is 0. The molecular formula is C17H21N3O2. The first-order valence-electron chi connectivity index (χ1n) is 7.68. The second-order valence-corrected chi connectivity index (χ2v) is 5.92. The number of carbonyl (C=O) groups is 2. The van der Waals surface area contributed by atoms with Gasteiger partial charge in [-0.05, 0) is 17.2 Å². The molecule has 2 aliphatic heterocycles. The van der Waals surface area contributed by atoms with Gasteiger partial charge in [-0.25, -0.2) is 0 Å². The minimum absolute atomic E-state index is 0.00625. The summed E-state index contributed by atoms with van der Waals surface area (Å²) in [6.07, 6.45) is 3.99. The van der Waals surface area contributed by atoms with E-state index in [9.17, 15) is 9.59 Å². The van der Waals surface area contributed by atoms with Gasteiger partial charge in [0.05, 0.1) is 12.5 Å². The standard InChI is InChI=1S/C17H21N3O2/c1-12(21)20-7-6-14-4-2-3-5-15(14)16(20)8-17(22)19-11-13-9-18-10-13/h2-7,13,16,18H,8-11H2,1H3,(H,19,22). The summed E-state index contributed by atoms with van der Waals surface area (Å²) in [6, 6.07) is 7.68. The Balaban J connectivity index is 1.71. The van der Waals surface area contributed by atoms with Crippen molar-refractivity contribution in [1.82, 2.24) is 15.5 Å². The number of benzene rings is 1. The van der Waals surface area contributed by atoms with Crippen molar-refractivity contribution >= 4 is 17.9 Å². The van der Waals surface area contributed by atoms with Gasteiger partial charge in [-0.2, -0.15) is 0 Å². The summed E-state index contributed by atoms with van der Waals surface area (Å²) in [7, 11) is 0. The molecule has 0 aromatic heterocycles. The normalized spacial score (nSPS) is 20.2. The summed E-state index contributed by atoms with van der Waals surface area (Å²) in [4.78, 5) is 25.7. The van der Waals surface area contributed by atoms with Gasteiger partial charge in [0.25, 0.3) is 0 Å². The fraction of sp³-hybridized carbons (Fsp3) is 0.412. The number of rotatable bonds is 4. The van der Waals surface area contributed by atoms with Crippen LogP contribution in [0.25, 0.3) is 6.08 Å². The Kier molecular flexibility index (Phi) is 4.24. The second kappa shape index (κ2) is 6.32. The molecule has 1 aromatic carbocycles. The van der Waals surface area contributed by atoms with Crippen LogP contribution in [0, 0.1) is 5.92 Å². The summed E-state index contributed by atoms with van der Waals surface area (Å²) in [5.74, 6) is 0.478. The highest BCUT2D eigenvalue weighted by atomic mass is 16.2. The van der Waals surface area contributed by atoms with Crippen LogP contribution in [0.15, 0.2) is 30.5 Å². The van der Waals surface area contributed by atoms with Crippen LogP contribution in [0.1, 0.15) is 30.5 Å². The highest BCUT2D eigenvalue weighted by Crippen LogP contribution is 2.32. The van der Waals surface area contributed by atoms with Gasteiger partial charge in [0.15, 0.2) is 0 Å². The Morgan fingerprint density at radius 3 is 2.77 bits per heavy atom. The number of hydrogen-bond donors (Lipinski definition) is 2. The first-order valence-corrected chi connectivity index (χ1v) is 7.68. The van der Waals surface area contributed by atoms with E-state index in [1.54, 1.807) is 11.1 Å². The molecule has 2 aliphatic rings. The van der Waals surface area contributed by atoms with Crippen molar-refractivity contribution in [3.05, 3.63) is 41.6 Å². The summed E-state index contributed by atoms with van der Waals surface area (Å²) in [5, 5.41) is 6.17. The number of hydrogen-bond acceptors (Lipinski definition) is 3. The molecule has 1 atom stereocenters. The zero-order chi connectivity index (χ0) is 15.5. The average Bonchev–Trinajstić information content (AvgIpc) is 2.45. The predicted octanol–water partition coefficient (Wildman–Crippen LogP) is 1.29. The molecule has 2 amide bonds. The molecule has 3 rings (SSSR count). The fourth-order valence-electron chi connectivity index (χ4n) is 2.91. The van der Waals surface area contributed by atoms with Crippen molar-refractivity contribution in [3.63, 3.8) is 0 Å². The molecule has 1 unspecified atom stereocenters. The quantitative estimate of drug-likeness (QED) is 0.880. The largest absolute Gasteiger partial charge is 0.356 e. The Morgan fingerprint density at radius 2 is 2.09 bits per heavy atom. The van der Waals surface area contributed by atoms with Crippen LogP contribution in [0.3, 0.4) is 0 Å². The maximum atomic E-state index is 12.2. The minimum atomic E-state index is -0.224. The molecule has 0 aliphatic carbocycles. The van der Waals surface area contributed by atoms with E-state index >= 15 is 0 Å². The third kappa shape index (κ3) is 3.04. The first kappa shape index (κ1) is 14.8. The number of fused-ring (bicyclic) bond motifs is 1. The molecule has 0 bridgehead atoms. The summed E-state index contributed by atoms with van der Waals surface area (Å²) in [6.45, 7) is 4.17. The van der Waals surface area contributed by atoms with E-state index in [0.717, 1.165) is 24.2 Å². The number of carbonyl (C=O) groups excluding carboxylic acids is 2. The van der Waals surface area contributed by atoms with Crippen molar-refractivity contribution in [2.75, 3.05) is 19.6 Å². The highest BCUT2D eigenvalue weighted by Gasteiger charge is 2.28. The van der Waals surface area contributed by atoms with Gasteiger partial charge in [-0.15, -0.1) is 0 Å².